The number of aromatic amines is 1. The van der Waals surface area contributed by atoms with Crippen LogP contribution in [0, 0.1) is 11.8 Å². The van der Waals surface area contributed by atoms with Crippen molar-refractivity contribution in [3.8, 4) is 0 Å². The van der Waals surface area contributed by atoms with Crippen LogP contribution in [0.5, 0.6) is 0 Å². The van der Waals surface area contributed by atoms with Gasteiger partial charge in [-0.1, -0.05) is 19.1 Å². The number of benzene rings is 1. The van der Waals surface area contributed by atoms with Crippen LogP contribution in [0.1, 0.15) is 67.0 Å². The van der Waals surface area contributed by atoms with E-state index in [-0.39, 0.29) is 11.3 Å². The summed E-state index contributed by atoms with van der Waals surface area (Å²) in [6.07, 6.45) is 8.25. The third-order valence-electron chi connectivity index (χ3n) is 7.98. The Labute approximate surface area is 210 Å². The van der Waals surface area contributed by atoms with E-state index >= 15 is 0 Å². The minimum atomic E-state index is -0.207. The van der Waals surface area contributed by atoms with E-state index in [1.54, 1.807) is 6.33 Å². The molecular formula is C28H33N7O. The van der Waals surface area contributed by atoms with Crippen LogP contribution < -0.4 is 10.6 Å². The average molecular weight is 484 g/mol. The van der Waals surface area contributed by atoms with Crippen molar-refractivity contribution in [2.75, 3.05) is 5.32 Å². The summed E-state index contributed by atoms with van der Waals surface area (Å²) in [6.45, 7) is 5.20. The molecule has 36 heavy (non-hydrogen) atoms. The number of fused-ring (bicyclic) bond motifs is 1. The van der Waals surface area contributed by atoms with Gasteiger partial charge in [-0.15, -0.1) is 10.2 Å². The Kier molecular flexibility index (Phi) is 5.63. The summed E-state index contributed by atoms with van der Waals surface area (Å²) in [5.74, 6) is 2.15. The average Bonchev–Trinajstić information content (AvgIpc) is 3.44. The SMILES string of the molecule is CC1CC(c2cccc(NC(=O)c3cc(CN[C@@H](C)C4CC4)c4[nH]ccc4n3)c2)(c2nncn2C)C1. The zero-order chi connectivity index (χ0) is 24.9. The fourth-order valence-corrected chi connectivity index (χ4v) is 5.88. The number of rotatable bonds is 8. The van der Waals surface area contributed by atoms with Gasteiger partial charge < -0.3 is 20.2 Å². The second-order valence-corrected chi connectivity index (χ2v) is 10.8. The highest BCUT2D eigenvalue weighted by molar-refractivity contribution is 6.04. The lowest BCUT2D eigenvalue weighted by Gasteiger charge is -2.46. The zero-order valence-electron chi connectivity index (χ0n) is 21.1. The van der Waals surface area contributed by atoms with Gasteiger partial charge in [0.25, 0.3) is 5.91 Å². The lowest BCUT2D eigenvalue weighted by atomic mass is 9.58. The first-order chi connectivity index (χ1) is 17.4. The summed E-state index contributed by atoms with van der Waals surface area (Å²) < 4.78 is 2.01. The zero-order valence-corrected chi connectivity index (χ0v) is 21.1. The molecule has 1 atom stereocenters. The second-order valence-electron chi connectivity index (χ2n) is 10.8. The van der Waals surface area contributed by atoms with Gasteiger partial charge in [0.1, 0.15) is 17.8 Å². The van der Waals surface area contributed by atoms with Gasteiger partial charge in [-0.25, -0.2) is 4.98 Å². The lowest BCUT2D eigenvalue weighted by molar-refractivity contribution is 0.102. The van der Waals surface area contributed by atoms with Gasteiger partial charge in [-0.3, -0.25) is 4.79 Å². The molecule has 2 aliphatic rings. The number of carbonyl (C=O) groups excluding carboxylic acids is 1. The number of aromatic nitrogens is 5. The van der Waals surface area contributed by atoms with Crippen LogP contribution in [-0.4, -0.2) is 36.7 Å². The number of nitrogens with one attached hydrogen (secondary N) is 3. The number of hydrogen-bond donors (Lipinski definition) is 3. The fourth-order valence-electron chi connectivity index (χ4n) is 5.88. The van der Waals surface area contributed by atoms with E-state index < -0.39 is 0 Å². The van der Waals surface area contributed by atoms with Gasteiger partial charge in [0, 0.05) is 31.5 Å². The number of nitrogens with zero attached hydrogens (tertiary/aromatic N) is 4. The third kappa shape index (κ3) is 4.09. The molecule has 186 valence electrons. The first-order valence-corrected chi connectivity index (χ1v) is 12.9. The minimum absolute atomic E-state index is 0.176. The maximum absolute atomic E-state index is 13.3. The van der Waals surface area contributed by atoms with Gasteiger partial charge in [0.2, 0.25) is 0 Å². The molecule has 0 spiro atoms. The summed E-state index contributed by atoms with van der Waals surface area (Å²) >= 11 is 0. The molecule has 0 saturated heterocycles. The normalized spacial score (nSPS) is 22.4. The van der Waals surface area contributed by atoms with E-state index in [1.807, 2.05) is 42.1 Å². The molecule has 1 amide bonds. The molecule has 0 radical (unpaired) electrons. The van der Waals surface area contributed by atoms with Gasteiger partial charge in [0.15, 0.2) is 0 Å². The molecule has 3 N–H and O–H groups in total. The van der Waals surface area contributed by atoms with E-state index in [9.17, 15) is 4.79 Å². The Morgan fingerprint density at radius 2 is 2.08 bits per heavy atom. The Morgan fingerprint density at radius 3 is 2.81 bits per heavy atom. The van der Waals surface area contributed by atoms with Crippen LogP contribution >= 0.6 is 0 Å². The van der Waals surface area contributed by atoms with Gasteiger partial charge in [0.05, 0.1) is 16.4 Å². The molecule has 8 nitrogen and oxygen atoms in total. The molecule has 2 aliphatic carbocycles. The maximum atomic E-state index is 13.3. The molecule has 0 aliphatic heterocycles. The first-order valence-electron chi connectivity index (χ1n) is 12.9. The number of aryl methyl sites for hydroxylation is 1. The standard InChI is InChI=1S/C28H33N7O/c1-17-13-28(14-17,27-34-31-16-35(27)3)21-5-4-6-22(12-21)32-26(36)24-11-20(15-30-18(2)19-7-8-19)25-23(33-24)9-10-29-25/h4-6,9-12,16-19,29-30H,7-8,13-15H2,1-3H3,(H,32,36)/t17?,18-,28?/m0/s1. The molecule has 0 bridgehead atoms. The number of carbonyl (C=O) groups is 1. The molecule has 3 aromatic heterocycles. The Bertz CT molecular complexity index is 1410. The predicted octanol–water partition coefficient (Wildman–Crippen LogP) is 4.55. The Hall–Kier alpha value is -3.52. The van der Waals surface area contributed by atoms with Crippen molar-refractivity contribution in [1.82, 2.24) is 30.0 Å². The molecule has 6 rings (SSSR count). The topological polar surface area (TPSA) is 101 Å². The molecule has 2 saturated carbocycles. The number of hydrogen-bond acceptors (Lipinski definition) is 5. The Balaban J connectivity index is 1.25. The van der Waals surface area contributed by atoms with Crippen molar-refractivity contribution in [1.29, 1.82) is 0 Å². The van der Waals surface area contributed by atoms with Crippen LogP contribution in [0.15, 0.2) is 48.9 Å². The van der Waals surface area contributed by atoms with Crippen LogP contribution in [-0.2, 0) is 19.0 Å². The Morgan fingerprint density at radius 1 is 1.25 bits per heavy atom. The quantitative estimate of drug-likeness (QED) is 0.341. The lowest BCUT2D eigenvalue weighted by Crippen LogP contribution is -2.43. The largest absolute Gasteiger partial charge is 0.360 e. The van der Waals surface area contributed by atoms with Crippen molar-refractivity contribution >= 4 is 22.6 Å². The van der Waals surface area contributed by atoms with E-state index in [2.05, 4.69) is 56.8 Å². The van der Waals surface area contributed by atoms with E-state index in [0.29, 0.717) is 24.2 Å². The maximum Gasteiger partial charge on any atom is 0.274 e. The summed E-state index contributed by atoms with van der Waals surface area (Å²) in [5.41, 5.74) is 5.00. The van der Waals surface area contributed by atoms with Crippen LogP contribution in [0.2, 0.25) is 0 Å². The summed E-state index contributed by atoms with van der Waals surface area (Å²) in [6, 6.07) is 12.4. The van der Waals surface area contributed by atoms with Crippen molar-refractivity contribution in [3.63, 3.8) is 0 Å². The summed E-state index contributed by atoms with van der Waals surface area (Å²) in [5, 5.41) is 15.3. The highest BCUT2D eigenvalue weighted by Gasteiger charge is 2.48. The van der Waals surface area contributed by atoms with Crippen LogP contribution in [0.25, 0.3) is 11.0 Å². The van der Waals surface area contributed by atoms with Gasteiger partial charge in [-0.2, -0.15) is 0 Å². The number of pyridine rings is 1. The number of H-pyrrole nitrogens is 1. The van der Waals surface area contributed by atoms with Gasteiger partial charge in [-0.05, 0) is 79.8 Å². The molecule has 3 heterocycles. The second kappa shape index (κ2) is 8.85. The highest BCUT2D eigenvalue weighted by Crippen LogP contribution is 2.51. The van der Waals surface area contributed by atoms with E-state index in [1.165, 1.54) is 12.8 Å². The van der Waals surface area contributed by atoms with Gasteiger partial charge >= 0.3 is 0 Å². The monoisotopic (exact) mass is 483 g/mol. The van der Waals surface area contributed by atoms with Crippen molar-refractivity contribution in [3.05, 3.63) is 71.6 Å². The summed E-state index contributed by atoms with van der Waals surface area (Å²) in [7, 11) is 1.99. The smallest absolute Gasteiger partial charge is 0.274 e. The van der Waals surface area contributed by atoms with Crippen molar-refractivity contribution in [2.24, 2.45) is 18.9 Å². The molecule has 2 fully saturated rings. The fraction of sp³-hybridized carbons (Fsp3) is 0.429. The summed E-state index contributed by atoms with van der Waals surface area (Å²) in [4.78, 5) is 21.3. The number of amides is 1. The number of anilines is 1. The van der Waals surface area contributed by atoms with Crippen molar-refractivity contribution in [2.45, 2.75) is 57.5 Å². The molecule has 4 aromatic rings. The molecule has 0 unspecified atom stereocenters. The molecule has 8 heteroatoms. The van der Waals surface area contributed by atoms with E-state index in [0.717, 1.165) is 52.4 Å². The highest BCUT2D eigenvalue weighted by atomic mass is 16.1. The van der Waals surface area contributed by atoms with Crippen molar-refractivity contribution < 1.29 is 4.79 Å². The predicted molar refractivity (Wildman–Crippen MR) is 140 cm³/mol. The minimum Gasteiger partial charge on any atom is -0.360 e. The first kappa shape index (κ1) is 22.9. The van der Waals surface area contributed by atoms with Crippen LogP contribution in [0.4, 0.5) is 5.69 Å². The van der Waals surface area contributed by atoms with Crippen LogP contribution in [0.3, 0.4) is 0 Å². The third-order valence-corrected chi connectivity index (χ3v) is 7.98. The molecular weight excluding hydrogens is 450 g/mol. The molecule has 1 aromatic carbocycles. The van der Waals surface area contributed by atoms with E-state index in [4.69, 9.17) is 0 Å².